The van der Waals surface area contributed by atoms with Gasteiger partial charge in [-0.25, -0.2) is 0 Å². The fraction of sp³-hybridized carbons (Fsp3) is 0.0667. The minimum absolute atomic E-state index is 0.438. The van der Waals surface area contributed by atoms with Crippen molar-refractivity contribution < 1.29 is 0 Å². The van der Waals surface area contributed by atoms with Gasteiger partial charge in [0.25, 0.3) is 0 Å². The first kappa shape index (κ1) is 12.7. The van der Waals surface area contributed by atoms with Gasteiger partial charge in [0.05, 0.1) is 17.0 Å². The zero-order valence-corrected chi connectivity index (χ0v) is 11.6. The smallest absolute Gasteiger partial charge is 0.155 e. The number of nitrogen functional groups attached to an aromatic ring is 1. The third kappa shape index (κ3) is 2.14. The largest absolute Gasteiger partial charge is 0.382 e. The summed E-state index contributed by atoms with van der Waals surface area (Å²) in [5, 5.41) is 7.81. The van der Waals surface area contributed by atoms with E-state index in [1.54, 1.807) is 6.20 Å². The summed E-state index contributed by atoms with van der Waals surface area (Å²) in [7, 11) is 0. The molecule has 100 valence electrons. The van der Waals surface area contributed by atoms with Crippen LogP contribution in [-0.2, 0) is 0 Å². The number of aryl methyl sites for hydroxylation is 1. The molecule has 0 unspecified atom stereocenters. The molecular formula is C15H13ClN4. The van der Waals surface area contributed by atoms with Crippen LogP contribution in [0.4, 0.5) is 5.82 Å². The Hall–Kier alpha value is -2.33. The van der Waals surface area contributed by atoms with E-state index < -0.39 is 0 Å². The molecule has 0 atom stereocenters. The molecule has 0 radical (unpaired) electrons. The third-order valence-corrected chi connectivity index (χ3v) is 3.41. The normalized spacial score (nSPS) is 10.7. The van der Waals surface area contributed by atoms with Crippen molar-refractivity contribution in [1.82, 2.24) is 15.2 Å². The van der Waals surface area contributed by atoms with Crippen LogP contribution in [0.5, 0.6) is 0 Å². The van der Waals surface area contributed by atoms with Crippen molar-refractivity contribution in [2.75, 3.05) is 5.73 Å². The van der Waals surface area contributed by atoms with E-state index in [9.17, 15) is 0 Å². The second-order valence-corrected chi connectivity index (χ2v) is 4.97. The van der Waals surface area contributed by atoms with Gasteiger partial charge in [-0.05, 0) is 36.8 Å². The molecule has 0 aliphatic rings. The molecule has 0 saturated heterocycles. The van der Waals surface area contributed by atoms with Crippen molar-refractivity contribution in [3.05, 3.63) is 53.2 Å². The number of nitrogens with zero attached hydrogens (tertiary/aromatic N) is 2. The monoisotopic (exact) mass is 284 g/mol. The highest BCUT2D eigenvalue weighted by Gasteiger charge is 2.16. The van der Waals surface area contributed by atoms with Gasteiger partial charge in [0.2, 0.25) is 0 Å². The third-order valence-electron chi connectivity index (χ3n) is 3.17. The highest BCUT2D eigenvalue weighted by Crippen LogP contribution is 2.35. The van der Waals surface area contributed by atoms with Gasteiger partial charge in [0, 0.05) is 16.8 Å². The molecule has 0 saturated carbocycles. The van der Waals surface area contributed by atoms with E-state index in [4.69, 9.17) is 17.3 Å². The maximum absolute atomic E-state index is 6.00. The number of aromatic nitrogens is 3. The number of rotatable bonds is 2. The van der Waals surface area contributed by atoms with E-state index in [-0.39, 0.29) is 0 Å². The molecule has 3 N–H and O–H groups in total. The number of anilines is 1. The molecule has 0 bridgehead atoms. The van der Waals surface area contributed by atoms with Gasteiger partial charge in [-0.3, -0.25) is 10.1 Å². The predicted molar refractivity (Wildman–Crippen MR) is 81.4 cm³/mol. The second-order valence-electron chi connectivity index (χ2n) is 4.53. The molecule has 2 aromatic heterocycles. The van der Waals surface area contributed by atoms with Crippen molar-refractivity contribution in [1.29, 1.82) is 0 Å². The minimum atomic E-state index is 0.438. The molecule has 4 nitrogen and oxygen atoms in total. The second kappa shape index (κ2) is 4.98. The summed E-state index contributed by atoms with van der Waals surface area (Å²) in [5.41, 5.74) is 10.5. The molecule has 1 aromatic carbocycles. The van der Waals surface area contributed by atoms with Crippen molar-refractivity contribution in [3.8, 4) is 22.5 Å². The Morgan fingerprint density at radius 3 is 2.75 bits per heavy atom. The maximum atomic E-state index is 6.00. The van der Waals surface area contributed by atoms with Gasteiger partial charge in [-0.2, -0.15) is 5.10 Å². The first-order valence-corrected chi connectivity index (χ1v) is 6.56. The summed E-state index contributed by atoms with van der Waals surface area (Å²) < 4.78 is 0. The average Bonchev–Trinajstić information content (AvgIpc) is 2.81. The van der Waals surface area contributed by atoms with Crippen LogP contribution in [0.25, 0.3) is 22.5 Å². The Bertz CT molecular complexity index is 750. The van der Waals surface area contributed by atoms with E-state index in [0.717, 1.165) is 28.1 Å². The molecule has 0 aliphatic carbocycles. The fourth-order valence-electron chi connectivity index (χ4n) is 2.23. The lowest BCUT2D eigenvalue weighted by molar-refractivity contribution is 1.10. The van der Waals surface area contributed by atoms with Crippen LogP contribution in [0.3, 0.4) is 0 Å². The number of hydrogen-bond donors (Lipinski definition) is 2. The molecule has 5 heteroatoms. The number of nitrogens with two attached hydrogens (primary N) is 1. The molecule has 0 aliphatic heterocycles. The Morgan fingerprint density at radius 2 is 2.05 bits per heavy atom. The number of hydrogen-bond acceptors (Lipinski definition) is 3. The zero-order valence-electron chi connectivity index (χ0n) is 10.9. The molecule has 3 rings (SSSR count). The highest BCUT2D eigenvalue weighted by molar-refractivity contribution is 6.30. The van der Waals surface area contributed by atoms with Crippen molar-refractivity contribution in [2.24, 2.45) is 0 Å². The van der Waals surface area contributed by atoms with Crippen LogP contribution in [-0.4, -0.2) is 15.2 Å². The van der Waals surface area contributed by atoms with Gasteiger partial charge >= 0.3 is 0 Å². The summed E-state index contributed by atoms with van der Waals surface area (Å²) in [6.45, 7) is 2.00. The van der Waals surface area contributed by atoms with Crippen LogP contribution >= 0.6 is 11.6 Å². The number of H-pyrrole nitrogens is 1. The molecule has 3 aromatic rings. The lowest BCUT2D eigenvalue weighted by Gasteiger charge is -2.07. The van der Waals surface area contributed by atoms with Gasteiger partial charge in [0.1, 0.15) is 0 Å². The Morgan fingerprint density at radius 1 is 1.20 bits per heavy atom. The number of benzene rings is 1. The van der Waals surface area contributed by atoms with E-state index >= 15 is 0 Å². The van der Waals surface area contributed by atoms with E-state index in [0.29, 0.717) is 10.8 Å². The van der Waals surface area contributed by atoms with Crippen LogP contribution in [0.15, 0.2) is 42.6 Å². The predicted octanol–water partition coefficient (Wildman–Crippen LogP) is 3.68. The summed E-state index contributed by atoms with van der Waals surface area (Å²) in [4.78, 5) is 4.35. The number of aromatic amines is 1. The molecule has 20 heavy (non-hydrogen) atoms. The van der Waals surface area contributed by atoms with Gasteiger partial charge < -0.3 is 5.73 Å². The highest BCUT2D eigenvalue weighted by atomic mass is 35.5. The summed E-state index contributed by atoms with van der Waals surface area (Å²) in [6.07, 6.45) is 1.74. The van der Waals surface area contributed by atoms with Crippen LogP contribution in [0, 0.1) is 6.92 Å². The lowest BCUT2D eigenvalue weighted by Crippen LogP contribution is -1.91. The van der Waals surface area contributed by atoms with E-state index in [1.165, 1.54) is 0 Å². The molecule has 0 fully saturated rings. The summed E-state index contributed by atoms with van der Waals surface area (Å²) >= 11 is 6.00. The Balaban J connectivity index is 2.21. The van der Waals surface area contributed by atoms with Gasteiger partial charge in [-0.15, -0.1) is 0 Å². The summed E-state index contributed by atoms with van der Waals surface area (Å²) in [5.74, 6) is 0.438. The quantitative estimate of drug-likeness (QED) is 0.754. The minimum Gasteiger partial charge on any atom is -0.382 e. The van der Waals surface area contributed by atoms with Gasteiger partial charge in [-0.1, -0.05) is 23.7 Å². The Kier molecular flexibility index (Phi) is 3.16. The lowest BCUT2D eigenvalue weighted by atomic mass is 10.0. The number of pyridine rings is 1. The SMILES string of the molecule is Cc1cc(Cl)ccc1-c1[nH]nc(N)c1-c1ccccn1. The number of halogens is 1. The maximum Gasteiger partial charge on any atom is 0.155 e. The van der Waals surface area contributed by atoms with E-state index in [2.05, 4.69) is 15.2 Å². The van der Waals surface area contributed by atoms with E-state index in [1.807, 2.05) is 43.3 Å². The molecule has 0 amide bonds. The van der Waals surface area contributed by atoms with Crippen LogP contribution < -0.4 is 5.73 Å². The molecular weight excluding hydrogens is 272 g/mol. The average molecular weight is 285 g/mol. The summed E-state index contributed by atoms with van der Waals surface area (Å²) in [6, 6.07) is 11.4. The molecule has 2 heterocycles. The zero-order chi connectivity index (χ0) is 14.1. The van der Waals surface area contributed by atoms with Crippen LogP contribution in [0.2, 0.25) is 5.02 Å². The first-order valence-electron chi connectivity index (χ1n) is 6.18. The van der Waals surface area contributed by atoms with Crippen molar-refractivity contribution >= 4 is 17.4 Å². The van der Waals surface area contributed by atoms with Crippen LogP contribution in [0.1, 0.15) is 5.56 Å². The molecule has 0 spiro atoms. The topological polar surface area (TPSA) is 67.6 Å². The number of nitrogens with one attached hydrogen (secondary N) is 1. The Labute approximate surface area is 121 Å². The van der Waals surface area contributed by atoms with Gasteiger partial charge in [0.15, 0.2) is 5.82 Å². The standard InChI is InChI=1S/C15H13ClN4/c1-9-8-10(16)5-6-11(9)14-13(15(17)20-19-14)12-4-2-3-7-18-12/h2-8H,1H3,(H3,17,19,20). The van der Waals surface area contributed by atoms with Crippen molar-refractivity contribution in [2.45, 2.75) is 6.92 Å². The first-order chi connectivity index (χ1) is 9.66. The fourth-order valence-corrected chi connectivity index (χ4v) is 2.46. The van der Waals surface area contributed by atoms with Crippen molar-refractivity contribution in [3.63, 3.8) is 0 Å².